The SMILES string of the molecule is CC1(C)CCC(CN2CCN(c3ccc(C(=O)NS(=O)(=O)c4ccc(N[C@H]5CC[C@H](N6CCOCC6)CC5)c([N+](=O)[O-])c4)c(Oc4cc5cc[nH]c5cc4F)c3)CC2)=C(c2ccc(Cl)cc2)C1. The summed E-state index contributed by atoms with van der Waals surface area (Å²) in [5, 5.41) is 17.0. The first kappa shape index (κ1) is 46.6. The van der Waals surface area contributed by atoms with Gasteiger partial charge in [0.25, 0.3) is 21.6 Å². The van der Waals surface area contributed by atoms with Crippen molar-refractivity contribution in [3.8, 4) is 11.5 Å². The number of amides is 1. The van der Waals surface area contributed by atoms with Crippen LogP contribution in [-0.2, 0) is 14.8 Å². The van der Waals surface area contributed by atoms with Crippen molar-refractivity contribution < 1.29 is 32.0 Å². The second kappa shape index (κ2) is 19.6. The van der Waals surface area contributed by atoms with Crippen LogP contribution in [0.4, 0.5) is 21.5 Å². The van der Waals surface area contributed by atoms with Crippen LogP contribution < -0.4 is 19.7 Å². The number of morpholine rings is 1. The molecule has 3 fully saturated rings. The number of fused-ring (bicyclic) bond motifs is 1. The number of H-pyrrole nitrogens is 1. The molecule has 2 aliphatic carbocycles. The number of benzene rings is 4. The van der Waals surface area contributed by atoms with Crippen molar-refractivity contribution in [1.82, 2.24) is 19.5 Å². The van der Waals surface area contributed by atoms with E-state index in [1.165, 1.54) is 47.0 Å². The van der Waals surface area contributed by atoms with Crippen LogP contribution in [0, 0.1) is 21.3 Å². The number of aromatic nitrogens is 1. The van der Waals surface area contributed by atoms with Crippen LogP contribution in [-0.4, -0.2) is 105 Å². The summed E-state index contributed by atoms with van der Waals surface area (Å²) in [5.41, 5.74) is 5.13. The van der Waals surface area contributed by atoms with Crippen LogP contribution in [0.1, 0.15) is 74.7 Å². The molecule has 354 valence electrons. The predicted molar refractivity (Wildman–Crippen MR) is 259 cm³/mol. The van der Waals surface area contributed by atoms with E-state index in [2.05, 4.69) is 55.7 Å². The molecular weight excluding hydrogens is 897 g/mol. The van der Waals surface area contributed by atoms with Gasteiger partial charge in [-0.15, -0.1) is 0 Å². The zero-order chi connectivity index (χ0) is 46.9. The highest BCUT2D eigenvalue weighted by atomic mass is 35.5. The third-order valence-corrected chi connectivity index (χ3v) is 15.5. The Morgan fingerprint density at radius 3 is 2.42 bits per heavy atom. The van der Waals surface area contributed by atoms with Crippen molar-refractivity contribution in [1.29, 1.82) is 0 Å². The Bertz CT molecular complexity index is 2780. The Hall–Kier alpha value is -5.52. The molecule has 2 aliphatic heterocycles. The van der Waals surface area contributed by atoms with Crippen LogP contribution in [0.2, 0.25) is 5.02 Å². The molecule has 67 heavy (non-hydrogen) atoms. The maximum Gasteiger partial charge on any atom is 0.293 e. The minimum absolute atomic E-state index is 0.0211. The lowest BCUT2D eigenvalue weighted by Crippen LogP contribution is -2.47. The van der Waals surface area contributed by atoms with Gasteiger partial charge in [0, 0.05) is 104 Å². The van der Waals surface area contributed by atoms with Crippen molar-refractivity contribution in [3.63, 3.8) is 0 Å². The first-order chi connectivity index (χ1) is 32.2. The number of sulfonamides is 1. The molecule has 4 aliphatic rings. The molecule has 1 saturated carbocycles. The lowest BCUT2D eigenvalue weighted by Gasteiger charge is -2.39. The van der Waals surface area contributed by atoms with Gasteiger partial charge in [-0.1, -0.05) is 43.2 Å². The van der Waals surface area contributed by atoms with E-state index in [0.717, 1.165) is 96.9 Å². The van der Waals surface area contributed by atoms with Crippen molar-refractivity contribution in [2.24, 2.45) is 5.41 Å². The number of aromatic amines is 1. The summed E-state index contributed by atoms with van der Waals surface area (Å²) in [7, 11) is -4.64. The molecule has 2 saturated heterocycles. The lowest BCUT2D eigenvalue weighted by atomic mass is 9.72. The highest BCUT2D eigenvalue weighted by molar-refractivity contribution is 7.90. The Morgan fingerprint density at radius 1 is 0.940 bits per heavy atom. The smallest absolute Gasteiger partial charge is 0.293 e. The molecule has 3 N–H and O–H groups in total. The standard InChI is InChI=1S/C50H57ClFN7O7S/c1-50(2)17-15-35(42(31-50)33-3-5-36(51)6-4-33)32-56-19-21-57(22-20-56)39-11-13-41(47(28-39)66-48-27-34-16-18-53-45(34)30-43(48)52)49(60)55-67(63,64)40-12-14-44(46(29-40)59(61)62)54-37-7-9-38(10-8-37)58-23-25-65-26-24-58/h3-6,11-14,16,18,27-30,37-38,53-54H,7-10,15,17,19-26,31-32H2,1-2H3,(H,55,60)/t37-,38-. The van der Waals surface area contributed by atoms with E-state index in [9.17, 15) is 23.3 Å². The van der Waals surface area contributed by atoms with Gasteiger partial charge in [0.15, 0.2) is 11.6 Å². The largest absolute Gasteiger partial charge is 0.453 e. The number of ether oxygens (including phenoxy) is 2. The van der Waals surface area contributed by atoms with Gasteiger partial charge in [-0.25, -0.2) is 17.5 Å². The minimum atomic E-state index is -4.64. The molecule has 0 radical (unpaired) electrons. The molecule has 0 spiro atoms. The third kappa shape index (κ3) is 10.8. The highest BCUT2D eigenvalue weighted by Gasteiger charge is 2.32. The van der Waals surface area contributed by atoms with Crippen LogP contribution in [0.25, 0.3) is 16.5 Å². The van der Waals surface area contributed by atoms with E-state index in [0.29, 0.717) is 40.7 Å². The maximum absolute atomic E-state index is 15.5. The van der Waals surface area contributed by atoms with Gasteiger partial charge in [0.2, 0.25) is 0 Å². The minimum Gasteiger partial charge on any atom is -0.453 e. The summed E-state index contributed by atoms with van der Waals surface area (Å²) in [6, 6.07) is 21.5. The van der Waals surface area contributed by atoms with E-state index < -0.39 is 37.3 Å². The highest BCUT2D eigenvalue weighted by Crippen LogP contribution is 2.44. The second-order valence-electron chi connectivity index (χ2n) is 19.0. The number of allylic oxidation sites excluding steroid dienone is 1. The Kier molecular flexibility index (Phi) is 13.6. The number of piperazine rings is 1. The van der Waals surface area contributed by atoms with Crippen LogP contribution in [0.3, 0.4) is 0 Å². The zero-order valence-corrected chi connectivity index (χ0v) is 39.4. The van der Waals surface area contributed by atoms with Gasteiger partial charge in [-0.05, 0) is 110 Å². The van der Waals surface area contributed by atoms with Crippen molar-refractivity contribution >= 4 is 61.1 Å². The predicted octanol–water partition coefficient (Wildman–Crippen LogP) is 9.62. The summed E-state index contributed by atoms with van der Waals surface area (Å²) in [5.74, 6) is -1.94. The molecule has 1 amide bonds. The summed E-state index contributed by atoms with van der Waals surface area (Å²) >= 11 is 6.25. The normalized spacial score (nSPS) is 20.7. The molecule has 0 atom stereocenters. The molecule has 0 bridgehead atoms. The summed E-state index contributed by atoms with van der Waals surface area (Å²) in [6.45, 7) is 11.6. The van der Waals surface area contributed by atoms with E-state index in [4.69, 9.17) is 21.1 Å². The van der Waals surface area contributed by atoms with E-state index in [-0.39, 0.29) is 34.2 Å². The first-order valence-corrected chi connectivity index (χ1v) is 25.0. The average Bonchev–Trinajstić information content (AvgIpc) is 3.77. The molecular formula is C50H57ClFN7O7S. The number of carbonyl (C=O) groups excluding carboxylic acids is 1. The summed E-state index contributed by atoms with van der Waals surface area (Å²) in [6.07, 6.45) is 8.28. The van der Waals surface area contributed by atoms with Gasteiger partial charge in [-0.2, -0.15) is 0 Å². The monoisotopic (exact) mass is 953 g/mol. The quantitative estimate of drug-likeness (QED) is 0.0761. The number of rotatable bonds is 13. The number of nitro groups is 1. The van der Waals surface area contributed by atoms with Crippen molar-refractivity contribution in [2.45, 2.75) is 75.8 Å². The number of nitro benzene ring substituents is 1. The number of anilines is 2. The summed E-state index contributed by atoms with van der Waals surface area (Å²) < 4.78 is 57.0. The number of halogens is 2. The van der Waals surface area contributed by atoms with E-state index in [1.54, 1.807) is 24.4 Å². The topological polar surface area (TPSA) is 162 Å². The molecule has 14 nitrogen and oxygen atoms in total. The number of nitrogens with zero attached hydrogens (tertiary/aromatic N) is 4. The number of hydrogen-bond donors (Lipinski definition) is 3. The van der Waals surface area contributed by atoms with Crippen LogP contribution in [0.5, 0.6) is 11.5 Å². The molecule has 9 rings (SSSR count). The van der Waals surface area contributed by atoms with E-state index in [1.807, 2.05) is 12.1 Å². The Labute approximate surface area is 395 Å². The van der Waals surface area contributed by atoms with Gasteiger partial charge in [0.1, 0.15) is 11.4 Å². The molecule has 17 heteroatoms. The molecule has 5 aromatic rings. The van der Waals surface area contributed by atoms with Crippen molar-refractivity contribution in [2.75, 3.05) is 69.2 Å². The molecule has 3 heterocycles. The fraction of sp³-hybridized carbons (Fsp3) is 0.420. The Morgan fingerprint density at radius 2 is 1.69 bits per heavy atom. The van der Waals surface area contributed by atoms with Gasteiger partial charge >= 0.3 is 0 Å². The fourth-order valence-electron chi connectivity index (χ4n) is 10.1. The van der Waals surface area contributed by atoms with Gasteiger partial charge in [-0.3, -0.25) is 24.7 Å². The van der Waals surface area contributed by atoms with Crippen LogP contribution in [0.15, 0.2) is 95.5 Å². The second-order valence-corrected chi connectivity index (χ2v) is 21.1. The first-order valence-electron chi connectivity index (χ1n) is 23.1. The average molecular weight is 955 g/mol. The lowest BCUT2D eigenvalue weighted by molar-refractivity contribution is -0.384. The molecule has 1 aromatic heterocycles. The Balaban J connectivity index is 0.917. The van der Waals surface area contributed by atoms with Crippen molar-refractivity contribution in [3.05, 3.63) is 123 Å². The maximum atomic E-state index is 15.5. The third-order valence-electron chi connectivity index (χ3n) is 13.9. The number of hydrogen-bond acceptors (Lipinski definition) is 11. The molecule has 0 unspecified atom stereocenters. The van der Waals surface area contributed by atoms with Gasteiger partial charge < -0.3 is 24.7 Å². The van der Waals surface area contributed by atoms with Gasteiger partial charge in [0.05, 0.1) is 28.6 Å². The number of nitrogens with one attached hydrogen (secondary N) is 3. The van der Waals surface area contributed by atoms with E-state index >= 15 is 4.39 Å². The zero-order valence-electron chi connectivity index (χ0n) is 37.9. The molecule has 4 aromatic carbocycles. The summed E-state index contributed by atoms with van der Waals surface area (Å²) in [4.78, 5) is 35.3. The van der Waals surface area contributed by atoms with Crippen LogP contribution >= 0.6 is 11.6 Å². The number of carbonyl (C=O) groups is 1. The fourth-order valence-corrected chi connectivity index (χ4v) is 11.2.